The molecule has 0 radical (unpaired) electrons. The highest BCUT2D eigenvalue weighted by molar-refractivity contribution is 5.73. The van der Waals surface area contributed by atoms with Crippen LogP contribution in [0.15, 0.2) is 4.63 Å². The predicted octanol–water partition coefficient (Wildman–Crippen LogP) is 0.577. The summed E-state index contributed by atoms with van der Waals surface area (Å²) in [6.07, 6.45) is 0. The summed E-state index contributed by atoms with van der Waals surface area (Å²) in [6, 6.07) is -0.582. The van der Waals surface area contributed by atoms with Gasteiger partial charge in [-0.3, -0.25) is 10.1 Å². The van der Waals surface area contributed by atoms with Crippen LogP contribution in [0.2, 0.25) is 0 Å². The first-order valence-electron chi connectivity index (χ1n) is 4.76. The van der Waals surface area contributed by atoms with E-state index >= 15 is 0 Å². The maximum Gasteiger partial charge on any atom is 0.320 e. The van der Waals surface area contributed by atoms with Gasteiger partial charge in [-0.1, -0.05) is 24.2 Å². The fourth-order valence-electron chi connectivity index (χ4n) is 1.22. The number of carboxylic acids is 1. The highest BCUT2D eigenvalue weighted by Gasteiger charge is 2.21. The van der Waals surface area contributed by atoms with Crippen LogP contribution in [0.5, 0.6) is 0 Å². The molecule has 0 aliphatic rings. The van der Waals surface area contributed by atoms with Gasteiger partial charge in [-0.15, -0.1) is 0 Å². The van der Waals surface area contributed by atoms with Gasteiger partial charge in [0.25, 0.3) is 0 Å². The zero-order valence-electron chi connectivity index (χ0n) is 9.02. The summed E-state index contributed by atoms with van der Waals surface area (Å²) in [4.78, 5) is 10.9. The van der Waals surface area contributed by atoms with Gasteiger partial charge in [-0.05, 0) is 12.8 Å². The number of hydrogen-bond acceptors (Lipinski definition) is 5. The Kier molecular flexibility index (Phi) is 3.79. The topological polar surface area (TPSA) is 88.3 Å². The molecule has 1 aromatic rings. The third-order valence-electron chi connectivity index (χ3n) is 2.17. The Morgan fingerprint density at radius 2 is 2.20 bits per heavy atom. The molecule has 0 aromatic carbocycles. The van der Waals surface area contributed by atoms with E-state index in [1.165, 1.54) is 0 Å². The van der Waals surface area contributed by atoms with E-state index in [9.17, 15) is 4.79 Å². The largest absolute Gasteiger partial charge is 0.480 e. The zero-order valence-corrected chi connectivity index (χ0v) is 9.02. The monoisotopic (exact) mass is 213 g/mol. The lowest BCUT2D eigenvalue weighted by molar-refractivity contribution is -0.140. The van der Waals surface area contributed by atoms with Crippen LogP contribution < -0.4 is 5.32 Å². The summed E-state index contributed by atoms with van der Waals surface area (Å²) in [5.41, 5.74) is 1.32. The average molecular weight is 213 g/mol. The van der Waals surface area contributed by atoms with Crippen molar-refractivity contribution in [2.45, 2.75) is 33.4 Å². The molecule has 6 heteroatoms. The lowest BCUT2D eigenvalue weighted by Gasteiger charge is -2.16. The molecule has 1 atom stereocenters. The predicted molar refractivity (Wildman–Crippen MR) is 52.1 cm³/mol. The molecule has 1 heterocycles. The van der Waals surface area contributed by atoms with E-state index < -0.39 is 12.0 Å². The summed E-state index contributed by atoms with van der Waals surface area (Å²) >= 11 is 0. The van der Waals surface area contributed by atoms with Crippen LogP contribution in [0.4, 0.5) is 0 Å². The van der Waals surface area contributed by atoms with Crippen LogP contribution in [0, 0.1) is 12.8 Å². The average Bonchev–Trinajstić information content (AvgIpc) is 2.51. The molecule has 0 aliphatic heterocycles. The normalized spacial score (nSPS) is 13.1. The van der Waals surface area contributed by atoms with Gasteiger partial charge in [-0.25, -0.2) is 4.63 Å². The molecule has 1 unspecified atom stereocenters. The Bertz CT molecular complexity index is 335. The van der Waals surface area contributed by atoms with E-state index in [0.717, 1.165) is 0 Å². The zero-order chi connectivity index (χ0) is 11.4. The number of hydrogen-bond donors (Lipinski definition) is 2. The van der Waals surface area contributed by atoms with Gasteiger partial charge in [0, 0.05) is 6.54 Å². The van der Waals surface area contributed by atoms with E-state index in [-0.39, 0.29) is 5.92 Å². The number of aromatic nitrogens is 2. The summed E-state index contributed by atoms with van der Waals surface area (Å²) in [5.74, 6) is -0.846. The van der Waals surface area contributed by atoms with Crippen LogP contribution in [0.25, 0.3) is 0 Å². The van der Waals surface area contributed by atoms with E-state index in [0.29, 0.717) is 17.9 Å². The van der Waals surface area contributed by atoms with E-state index in [1.807, 2.05) is 13.8 Å². The van der Waals surface area contributed by atoms with Crippen molar-refractivity contribution in [1.82, 2.24) is 15.6 Å². The molecule has 1 aromatic heterocycles. The highest BCUT2D eigenvalue weighted by Crippen LogP contribution is 2.05. The lowest BCUT2D eigenvalue weighted by Crippen LogP contribution is -2.40. The number of carbonyl (C=O) groups is 1. The Balaban J connectivity index is 2.55. The van der Waals surface area contributed by atoms with Gasteiger partial charge in [0.2, 0.25) is 0 Å². The number of aryl methyl sites for hydroxylation is 1. The van der Waals surface area contributed by atoms with Crippen LogP contribution >= 0.6 is 0 Å². The van der Waals surface area contributed by atoms with Gasteiger partial charge in [0.1, 0.15) is 17.4 Å². The number of aliphatic carboxylic acids is 1. The number of nitrogens with zero attached hydrogens (tertiary/aromatic N) is 2. The van der Waals surface area contributed by atoms with Crippen molar-refractivity contribution in [3.63, 3.8) is 0 Å². The number of nitrogens with one attached hydrogen (secondary N) is 1. The molecule has 15 heavy (non-hydrogen) atoms. The lowest BCUT2D eigenvalue weighted by atomic mass is 10.0. The van der Waals surface area contributed by atoms with Gasteiger partial charge < -0.3 is 5.11 Å². The molecule has 84 valence electrons. The van der Waals surface area contributed by atoms with Gasteiger partial charge >= 0.3 is 5.97 Å². The van der Waals surface area contributed by atoms with Crippen LogP contribution in [0.3, 0.4) is 0 Å². The second kappa shape index (κ2) is 4.88. The molecule has 1 rings (SSSR count). The number of carboxylic acid groups (broad SMARTS) is 1. The van der Waals surface area contributed by atoms with E-state index in [1.54, 1.807) is 6.92 Å². The minimum absolute atomic E-state index is 0.0164. The van der Waals surface area contributed by atoms with Crippen molar-refractivity contribution in [2.75, 3.05) is 0 Å². The summed E-state index contributed by atoms with van der Waals surface area (Å²) in [5, 5.41) is 19.1. The van der Waals surface area contributed by atoms with Crippen LogP contribution in [0.1, 0.15) is 25.2 Å². The first-order chi connectivity index (χ1) is 7.02. The minimum atomic E-state index is -0.862. The molecular formula is C9H15N3O3. The third-order valence-corrected chi connectivity index (χ3v) is 2.17. The standard InChI is InChI=1S/C9H15N3O3/c1-5(2)8(9(13)14)10-4-7-6(3)11-15-12-7/h5,8,10H,4H2,1-3H3,(H,13,14). The molecule has 0 aliphatic carbocycles. The Morgan fingerprint density at radius 3 is 2.60 bits per heavy atom. The molecule has 0 saturated heterocycles. The molecule has 2 N–H and O–H groups in total. The van der Waals surface area contributed by atoms with Gasteiger partial charge in [0.15, 0.2) is 0 Å². The van der Waals surface area contributed by atoms with Crippen LogP contribution in [-0.2, 0) is 11.3 Å². The highest BCUT2D eigenvalue weighted by atomic mass is 16.6. The van der Waals surface area contributed by atoms with Crippen molar-refractivity contribution >= 4 is 5.97 Å². The Hall–Kier alpha value is -1.43. The number of rotatable bonds is 5. The van der Waals surface area contributed by atoms with Crippen LogP contribution in [-0.4, -0.2) is 27.4 Å². The SMILES string of the molecule is Cc1nonc1CNC(C(=O)O)C(C)C. The summed E-state index contributed by atoms with van der Waals surface area (Å²) < 4.78 is 4.51. The van der Waals surface area contributed by atoms with Crippen molar-refractivity contribution < 1.29 is 14.5 Å². The maximum absolute atomic E-state index is 10.9. The third kappa shape index (κ3) is 3.02. The first kappa shape index (κ1) is 11.6. The van der Waals surface area contributed by atoms with E-state index in [2.05, 4.69) is 20.3 Å². The first-order valence-corrected chi connectivity index (χ1v) is 4.76. The van der Waals surface area contributed by atoms with Crippen molar-refractivity contribution in [1.29, 1.82) is 0 Å². The summed E-state index contributed by atoms with van der Waals surface area (Å²) in [7, 11) is 0. The molecule has 0 fully saturated rings. The Morgan fingerprint density at radius 1 is 1.53 bits per heavy atom. The molecule has 0 spiro atoms. The van der Waals surface area contributed by atoms with E-state index in [4.69, 9.17) is 5.11 Å². The van der Waals surface area contributed by atoms with Gasteiger partial charge in [-0.2, -0.15) is 0 Å². The fourth-order valence-corrected chi connectivity index (χ4v) is 1.22. The molecule has 0 bridgehead atoms. The molecular weight excluding hydrogens is 198 g/mol. The van der Waals surface area contributed by atoms with Gasteiger partial charge in [0.05, 0.1) is 0 Å². The molecule has 0 saturated carbocycles. The second-order valence-corrected chi connectivity index (χ2v) is 3.74. The quantitative estimate of drug-likeness (QED) is 0.743. The molecule has 0 amide bonds. The minimum Gasteiger partial charge on any atom is -0.480 e. The van der Waals surface area contributed by atoms with Crippen molar-refractivity contribution in [2.24, 2.45) is 5.92 Å². The maximum atomic E-state index is 10.9. The smallest absolute Gasteiger partial charge is 0.320 e. The second-order valence-electron chi connectivity index (χ2n) is 3.74. The molecule has 6 nitrogen and oxygen atoms in total. The fraction of sp³-hybridized carbons (Fsp3) is 0.667. The van der Waals surface area contributed by atoms with Crippen molar-refractivity contribution in [3.8, 4) is 0 Å². The Labute approximate surface area is 87.6 Å². The summed E-state index contributed by atoms with van der Waals surface area (Å²) in [6.45, 7) is 5.81. The van der Waals surface area contributed by atoms with Crippen molar-refractivity contribution in [3.05, 3.63) is 11.4 Å².